The van der Waals surface area contributed by atoms with Gasteiger partial charge in [-0.1, -0.05) is 18.6 Å². The summed E-state index contributed by atoms with van der Waals surface area (Å²) in [7, 11) is 0. The third-order valence-corrected chi connectivity index (χ3v) is 4.51. The molecular formula is C18H16FN3O. The number of rotatable bonds is 3. The first-order valence-electron chi connectivity index (χ1n) is 7.75. The number of hydrogen-bond donors (Lipinski definition) is 2. The average Bonchev–Trinajstić information content (AvgIpc) is 2.86. The summed E-state index contributed by atoms with van der Waals surface area (Å²) >= 11 is 0. The van der Waals surface area contributed by atoms with Crippen molar-refractivity contribution < 1.29 is 4.39 Å². The van der Waals surface area contributed by atoms with E-state index in [9.17, 15) is 9.18 Å². The average molecular weight is 309 g/mol. The zero-order chi connectivity index (χ0) is 15.8. The smallest absolute Gasteiger partial charge is 0.248 e. The second-order valence-electron chi connectivity index (χ2n) is 5.98. The van der Waals surface area contributed by atoms with E-state index in [1.165, 1.54) is 6.42 Å². The van der Waals surface area contributed by atoms with Crippen molar-refractivity contribution in [2.45, 2.75) is 19.3 Å². The van der Waals surface area contributed by atoms with Crippen molar-refractivity contribution in [3.63, 3.8) is 0 Å². The Balaban J connectivity index is 1.82. The molecule has 0 bridgehead atoms. The summed E-state index contributed by atoms with van der Waals surface area (Å²) in [5.74, 6) is 0.0401. The Bertz CT molecular complexity index is 950. The van der Waals surface area contributed by atoms with Crippen LogP contribution < -0.4 is 5.56 Å². The Kier molecular flexibility index (Phi) is 3.33. The summed E-state index contributed by atoms with van der Waals surface area (Å²) in [6, 6.07) is 9.06. The van der Waals surface area contributed by atoms with Crippen LogP contribution in [0.15, 0.2) is 41.3 Å². The first kappa shape index (κ1) is 13.9. The molecule has 4 rings (SSSR count). The van der Waals surface area contributed by atoms with Gasteiger partial charge < -0.3 is 4.98 Å². The maximum absolute atomic E-state index is 13.7. The highest BCUT2D eigenvalue weighted by molar-refractivity contribution is 5.87. The molecule has 1 aromatic carbocycles. The lowest BCUT2D eigenvalue weighted by Crippen LogP contribution is -2.14. The maximum atomic E-state index is 13.7. The molecule has 1 aliphatic carbocycles. The van der Waals surface area contributed by atoms with Gasteiger partial charge in [0.25, 0.3) is 0 Å². The second kappa shape index (κ2) is 5.50. The standard InChI is InChI=1S/C18H16FN3O/c19-18-15-9-11(4-5-16(15)21-22-18)8-14(12-2-1-3-12)13-6-7-20-17(23)10-13/h4-10,12H,1-3H2,(H,20,23)(H,21,22)/b14-8+. The number of allylic oxidation sites excluding steroid dienone is 1. The van der Waals surface area contributed by atoms with E-state index in [-0.39, 0.29) is 5.56 Å². The van der Waals surface area contributed by atoms with Gasteiger partial charge in [-0.25, -0.2) is 0 Å². The Morgan fingerprint density at radius 3 is 2.87 bits per heavy atom. The Morgan fingerprint density at radius 1 is 1.26 bits per heavy atom. The fourth-order valence-corrected chi connectivity index (χ4v) is 3.05. The van der Waals surface area contributed by atoms with Gasteiger partial charge in [-0.2, -0.15) is 9.49 Å². The van der Waals surface area contributed by atoms with Crippen molar-refractivity contribution in [1.29, 1.82) is 0 Å². The number of hydrogen-bond acceptors (Lipinski definition) is 2. The molecule has 2 N–H and O–H groups in total. The minimum atomic E-state index is -0.420. The molecule has 0 amide bonds. The molecule has 0 radical (unpaired) electrons. The summed E-state index contributed by atoms with van der Waals surface area (Å²) in [6.07, 6.45) is 7.19. The molecule has 2 heterocycles. The third kappa shape index (κ3) is 2.59. The number of halogens is 1. The van der Waals surface area contributed by atoms with Crippen LogP contribution in [0.4, 0.5) is 4.39 Å². The lowest BCUT2D eigenvalue weighted by molar-refractivity contribution is 0.401. The van der Waals surface area contributed by atoms with Gasteiger partial charge in [-0.05, 0) is 53.7 Å². The Hall–Kier alpha value is -2.69. The molecule has 2 aromatic heterocycles. The highest BCUT2D eigenvalue weighted by Gasteiger charge is 2.23. The van der Waals surface area contributed by atoms with Gasteiger partial charge in [0, 0.05) is 12.3 Å². The SMILES string of the molecule is O=c1cc(/C(=C/c2ccc3n[nH]c(F)c3c2)C2CCC2)cc[nH]1. The summed E-state index contributed by atoms with van der Waals surface area (Å²) in [6.45, 7) is 0. The highest BCUT2D eigenvalue weighted by Crippen LogP contribution is 2.39. The molecule has 0 aliphatic heterocycles. The quantitative estimate of drug-likeness (QED) is 0.774. The number of H-pyrrole nitrogens is 2. The van der Waals surface area contributed by atoms with E-state index in [4.69, 9.17) is 0 Å². The van der Waals surface area contributed by atoms with Crippen molar-refractivity contribution in [2.24, 2.45) is 5.92 Å². The number of aromatic nitrogens is 3. The lowest BCUT2D eigenvalue weighted by Gasteiger charge is -2.28. The molecule has 1 fully saturated rings. The van der Waals surface area contributed by atoms with E-state index in [1.54, 1.807) is 24.4 Å². The fraction of sp³-hybridized carbons (Fsp3) is 0.222. The van der Waals surface area contributed by atoms with Gasteiger partial charge in [0.1, 0.15) is 0 Å². The minimum absolute atomic E-state index is 0.107. The highest BCUT2D eigenvalue weighted by atomic mass is 19.1. The third-order valence-electron chi connectivity index (χ3n) is 4.51. The van der Waals surface area contributed by atoms with E-state index in [1.807, 2.05) is 12.1 Å². The molecular weight excluding hydrogens is 293 g/mol. The van der Waals surface area contributed by atoms with E-state index in [2.05, 4.69) is 21.3 Å². The van der Waals surface area contributed by atoms with Crippen molar-refractivity contribution in [3.8, 4) is 0 Å². The Labute approximate surface area is 132 Å². The number of pyridine rings is 1. The zero-order valence-corrected chi connectivity index (χ0v) is 12.5. The molecule has 0 spiro atoms. The largest absolute Gasteiger partial charge is 0.329 e. The predicted octanol–water partition coefficient (Wildman–Crippen LogP) is 3.73. The topological polar surface area (TPSA) is 61.5 Å². The van der Waals surface area contributed by atoms with Crippen LogP contribution in [-0.2, 0) is 0 Å². The normalized spacial score (nSPS) is 15.8. The van der Waals surface area contributed by atoms with Crippen molar-refractivity contribution in [3.05, 3.63) is 64.0 Å². The van der Waals surface area contributed by atoms with Gasteiger partial charge in [0.05, 0.1) is 10.9 Å². The van der Waals surface area contributed by atoms with Crippen molar-refractivity contribution >= 4 is 22.6 Å². The van der Waals surface area contributed by atoms with Crippen LogP contribution in [0.25, 0.3) is 22.6 Å². The van der Waals surface area contributed by atoms with Crippen LogP contribution in [0.5, 0.6) is 0 Å². The second-order valence-corrected chi connectivity index (χ2v) is 5.98. The minimum Gasteiger partial charge on any atom is -0.329 e. The van der Waals surface area contributed by atoms with Crippen LogP contribution >= 0.6 is 0 Å². The van der Waals surface area contributed by atoms with Gasteiger partial charge in [0.15, 0.2) is 0 Å². The molecule has 0 atom stereocenters. The molecule has 1 saturated carbocycles. The van der Waals surface area contributed by atoms with Crippen molar-refractivity contribution in [1.82, 2.24) is 15.2 Å². The predicted molar refractivity (Wildman–Crippen MR) is 88.3 cm³/mol. The van der Waals surface area contributed by atoms with E-state index in [0.29, 0.717) is 16.8 Å². The summed E-state index contributed by atoms with van der Waals surface area (Å²) < 4.78 is 13.7. The molecule has 3 aromatic rings. The van der Waals surface area contributed by atoms with Gasteiger partial charge in [-0.15, -0.1) is 0 Å². The molecule has 23 heavy (non-hydrogen) atoms. The number of benzene rings is 1. The number of fused-ring (bicyclic) bond motifs is 1. The summed E-state index contributed by atoms with van der Waals surface area (Å²) in [5, 5.41) is 6.75. The van der Waals surface area contributed by atoms with Crippen LogP contribution in [0.1, 0.15) is 30.4 Å². The molecule has 0 saturated heterocycles. The van der Waals surface area contributed by atoms with Crippen LogP contribution in [0.2, 0.25) is 0 Å². The summed E-state index contributed by atoms with van der Waals surface area (Å²) in [5.41, 5.74) is 3.50. The zero-order valence-electron chi connectivity index (χ0n) is 12.5. The van der Waals surface area contributed by atoms with Gasteiger partial charge in [0.2, 0.25) is 11.5 Å². The lowest BCUT2D eigenvalue weighted by atomic mass is 9.76. The molecule has 1 aliphatic rings. The molecule has 5 heteroatoms. The molecule has 116 valence electrons. The van der Waals surface area contributed by atoms with Gasteiger partial charge >= 0.3 is 0 Å². The fourth-order valence-electron chi connectivity index (χ4n) is 3.05. The first-order chi connectivity index (χ1) is 11.2. The van der Waals surface area contributed by atoms with E-state index in [0.717, 1.165) is 29.5 Å². The Morgan fingerprint density at radius 2 is 2.13 bits per heavy atom. The maximum Gasteiger partial charge on any atom is 0.248 e. The van der Waals surface area contributed by atoms with E-state index >= 15 is 0 Å². The number of aromatic amines is 2. The van der Waals surface area contributed by atoms with E-state index < -0.39 is 5.95 Å². The summed E-state index contributed by atoms with van der Waals surface area (Å²) in [4.78, 5) is 14.3. The van der Waals surface area contributed by atoms with Crippen LogP contribution in [0.3, 0.4) is 0 Å². The van der Waals surface area contributed by atoms with Crippen LogP contribution in [0, 0.1) is 11.9 Å². The molecule has 4 nitrogen and oxygen atoms in total. The first-order valence-corrected chi connectivity index (χ1v) is 7.75. The number of nitrogens with zero attached hydrogens (tertiary/aromatic N) is 1. The molecule has 0 unspecified atom stereocenters. The van der Waals surface area contributed by atoms with Crippen LogP contribution in [-0.4, -0.2) is 15.2 Å². The van der Waals surface area contributed by atoms with Crippen molar-refractivity contribution in [2.75, 3.05) is 0 Å². The number of nitrogens with one attached hydrogen (secondary N) is 2. The van der Waals surface area contributed by atoms with Gasteiger partial charge in [-0.3, -0.25) is 9.89 Å². The monoisotopic (exact) mass is 309 g/mol.